The standard InChI is InChI=1S/C20H24N2O4S/c1-14-5-8-19(26-3)17(11-14)13-21(2)20(23)16-6-7-18-15(12-16)9-10-22(18)27(4,24)25/h5-8,11-12H,9-10,13H2,1-4H3. The predicted octanol–water partition coefficient (Wildman–Crippen LogP) is 2.60. The summed E-state index contributed by atoms with van der Waals surface area (Å²) in [6.45, 7) is 2.84. The van der Waals surface area contributed by atoms with E-state index in [1.54, 1.807) is 37.3 Å². The van der Waals surface area contributed by atoms with Gasteiger partial charge in [-0.3, -0.25) is 9.10 Å². The maximum Gasteiger partial charge on any atom is 0.253 e. The monoisotopic (exact) mass is 388 g/mol. The summed E-state index contributed by atoms with van der Waals surface area (Å²) in [4.78, 5) is 14.5. The Bertz CT molecular complexity index is 985. The van der Waals surface area contributed by atoms with Crippen molar-refractivity contribution in [2.24, 2.45) is 0 Å². The zero-order valence-corrected chi connectivity index (χ0v) is 16.8. The number of amides is 1. The molecule has 1 amide bonds. The Labute approximate surface area is 160 Å². The van der Waals surface area contributed by atoms with E-state index in [0.29, 0.717) is 30.8 Å². The van der Waals surface area contributed by atoms with Gasteiger partial charge in [-0.25, -0.2) is 8.42 Å². The van der Waals surface area contributed by atoms with Crippen molar-refractivity contribution in [3.8, 4) is 5.75 Å². The fourth-order valence-corrected chi connectivity index (χ4v) is 4.39. The highest BCUT2D eigenvalue weighted by Gasteiger charge is 2.27. The van der Waals surface area contributed by atoms with E-state index < -0.39 is 10.0 Å². The molecule has 0 saturated carbocycles. The summed E-state index contributed by atoms with van der Waals surface area (Å²) in [5.41, 5.74) is 4.14. The number of carbonyl (C=O) groups is 1. The number of hydrogen-bond donors (Lipinski definition) is 0. The number of fused-ring (bicyclic) bond motifs is 1. The molecule has 0 saturated heterocycles. The van der Waals surface area contributed by atoms with Crippen LogP contribution >= 0.6 is 0 Å². The molecule has 2 aromatic rings. The molecule has 0 N–H and O–H groups in total. The van der Waals surface area contributed by atoms with Crippen LogP contribution in [0.15, 0.2) is 36.4 Å². The van der Waals surface area contributed by atoms with Crippen LogP contribution in [0, 0.1) is 6.92 Å². The number of rotatable bonds is 5. The lowest BCUT2D eigenvalue weighted by atomic mass is 10.1. The van der Waals surface area contributed by atoms with E-state index in [4.69, 9.17) is 4.74 Å². The molecule has 0 fully saturated rings. The molecule has 0 atom stereocenters. The van der Waals surface area contributed by atoms with Gasteiger partial charge in [0, 0.05) is 31.3 Å². The SMILES string of the molecule is COc1ccc(C)cc1CN(C)C(=O)c1ccc2c(c1)CCN2S(C)(=O)=O. The summed E-state index contributed by atoms with van der Waals surface area (Å²) >= 11 is 0. The van der Waals surface area contributed by atoms with E-state index >= 15 is 0 Å². The molecule has 0 spiro atoms. The second-order valence-corrected chi connectivity index (χ2v) is 8.81. The molecule has 6 nitrogen and oxygen atoms in total. The highest BCUT2D eigenvalue weighted by Crippen LogP contribution is 2.31. The predicted molar refractivity (Wildman–Crippen MR) is 106 cm³/mol. The van der Waals surface area contributed by atoms with Gasteiger partial charge in [-0.1, -0.05) is 17.7 Å². The van der Waals surface area contributed by atoms with Crippen LogP contribution in [0.3, 0.4) is 0 Å². The van der Waals surface area contributed by atoms with Crippen molar-refractivity contribution in [3.05, 3.63) is 58.7 Å². The number of methoxy groups -OCH3 is 1. The molecule has 0 bridgehead atoms. The fraction of sp³-hybridized carbons (Fsp3) is 0.350. The van der Waals surface area contributed by atoms with E-state index in [9.17, 15) is 13.2 Å². The molecule has 3 rings (SSSR count). The van der Waals surface area contributed by atoms with Gasteiger partial charge >= 0.3 is 0 Å². The number of ether oxygens (including phenoxy) is 1. The highest BCUT2D eigenvalue weighted by atomic mass is 32.2. The van der Waals surface area contributed by atoms with Crippen LogP contribution < -0.4 is 9.04 Å². The molecule has 0 aliphatic carbocycles. The van der Waals surface area contributed by atoms with Crippen LogP contribution in [0.2, 0.25) is 0 Å². The molecule has 27 heavy (non-hydrogen) atoms. The average Bonchev–Trinajstić information content (AvgIpc) is 3.04. The summed E-state index contributed by atoms with van der Waals surface area (Å²) in [5, 5.41) is 0. The molecule has 1 aliphatic rings. The van der Waals surface area contributed by atoms with Gasteiger partial charge in [-0.05, 0) is 43.2 Å². The summed E-state index contributed by atoms with van der Waals surface area (Å²) in [5.74, 6) is 0.636. The van der Waals surface area contributed by atoms with E-state index in [-0.39, 0.29) is 5.91 Å². The van der Waals surface area contributed by atoms with Gasteiger partial charge in [0.05, 0.1) is 19.1 Å². The molecule has 1 aliphatic heterocycles. The molecule has 144 valence electrons. The van der Waals surface area contributed by atoms with Crippen LogP contribution in [0.25, 0.3) is 0 Å². The zero-order valence-electron chi connectivity index (χ0n) is 16.0. The first-order valence-electron chi connectivity index (χ1n) is 8.70. The quantitative estimate of drug-likeness (QED) is 0.790. The van der Waals surface area contributed by atoms with E-state index in [1.807, 2.05) is 25.1 Å². The molecule has 0 aromatic heterocycles. The van der Waals surface area contributed by atoms with Gasteiger partial charge < -0.3 is 9.64 Å². The Morgan fingerprint density at radius 2 is 1.96 bits per heavy atom. The van der Waals surface area contributed by atoms with Crippen molar-refractivity contribution in [1.82, 2.24) is 4.90 Å². The number of aryl methyl sites for hydroxylation is 1. The van der Waals surface area contributed by atoms with Crippen molar-refractivity contribution >= 4 is 21.6 Å². The average molecular weight is 388 g/mol. The number of nitrogens with zero attached hydrogens (tertiary/aromatic N) is 2. The van der Waals surface area contributed by atoms with Gasteiger partial charge in [0.1, 0.15) is 5.75 Å². The minimum absolute atomic E-state index is 0.112. The van der Waals surface area contributed by atoms with Gasteiger partial charge in [0.25, 0.3) is 5.91 Å². The third-order valence-electron chi connectivity index (χ3n) is 4.77. The smallest absolute Gasteiger partial charge is 0.253 e. The molecular formula is C20H24N2O4S. The van der Waals surface area contributed by atoms with Gasteiger partial charge in [0.15, 0.2) is 0 Å². The molecular weight excluding hydrogens is 364 g/mol. The van der Waals surface area contributed by atoms with Gasteiger partial charge in [-0.2, -0.15) is 0 Å². The van der Waals surface area contributed by atoms with Gasteiger partial charge in [-0.15, -0.1) is 0 Å². The van der Waals surface area contributed by atoms with Crippen molar-refractivity contribution in [3.63, 3.8) is 0 Å². The topological polar surface area (TPSA) is 66.9 Å². The second-order valence-electron chi connectivity index (χ2n) is 6.91. The van der Waals surface area contributed by atoms with Crippen molar-refractivity contribution in [1.29, 1.82) is 0 Å². The van der Waals surface area contributed by atoms with Crippen molar-refractivity contribution in [2.75, 3.05) is 31.3 Å². The number of benzene rings is 2. The Kier molecular flexibility index (Phi) is 5.15. The van der Waals surface area contributed by atoms with Crippen molar-refractivity contribution < 1.29 is 17.9 Å². The number of anilines is 1. The van der Waals surface area contributed by atoms with Crippen LogP contribution in [0.1, 0.15) is 27.0 Å². The maximum absolute atomic E-state index is 12.9. The van der Waals surface area contributed by atoms with E-state index in [1.165, 1.54) is 10.6 Å². The van der Waals surface area contributed by atoms with Crippen LogP contribution in [-0.4, -0.2) is 46.2 Å². The molecule has 0 radical (unpaired) electrons. The largest absolute Gasteiger partial charge is 0.496 e. The third-order valence-corrected chi connectivity index (χ3v) is 5.95. The number of hydrogen-bond acceptors (Lipinski definition) is 4. The summed E-state index contributed by atoms with van der Waals surface area (Å²) in [7, 11) is 0.0715. The Morgan fingerprint density at radius 1 is 1.22 bits per heavy atom. The maximum atomic E-state index is 12.9. The fourth-order valence-electron chi connectivity index (χ4n) is 3.43. The molecule has 1 heterocycles. The van der Waals surface area contributed by atoms with Crippen molar-refractivity contribution in [2.45, 2.75) is 19.9 Å². The molecule has 0 unspecified atom stereocenters. The van der Waals surface area contributed by atoms with Gasteiger partial charge in [0.2, 0.25) is 10.0 Å². The number of carbonyl (C=O) groups excluding carboxylic acids is 1. The highest BCUT2D eigenvalue weighted by molar-refractivity contribution is 7.92. The van der Waals surface area contributed by atoms with Crippen LogP contribution in [0.4, 0.5) is 5.69 Å². The third kappa shape index (κ3) is 3.93. The first kappa shape index (κ1) is 19.2. The minimum atomic E-state index is -3.29. The normalized spacial score (nSPS) is 13.4. The lowest BCUT2D eigenvalue weighted by molar-refractivity contribution is 0.0784. The van der Waals surface area contributed by atoms with Crippen LogP contribution in [-0.2, 0) is 23.0 Å². The van der Waals surface area contributed by atoms with E-state index in [0.717, 1.165) is 22.4 Å². The lowest BCUT2D eigenvalue weighted by Gasteiger charge is -2.20. The molecule has 7 heteroatoms. The first-order valence-corrected chi connectivity index (χ1v) is 10.5. The summed E-state index contributed by atoms with van der Waals surface area (Å²) in [6, 6.07) is 11.1. The lowest BCUT2D eigenvalue weighted by Crippen LogP contribution is -2.28. The number of sulfonamides is 1. The summed E-state index contributed by atoms with van der Waals surface area (Å²) < 4.78 is 30.5. The molecule has 2 aromatic carbocycles. The zero-order chi connectivity index (χ0) is 19.8. The van der Waals surface area contributed by atoms with Crippen LogP contribution in [0.5, 0.6) is 5.75 Å². The Morgan fingerprint density at radius 3 is 2.63 bits per heavy atom. The Balaban J connectivity index is 1.82. The minimum Gasteiger partial charge on any atom is -0.496 e. The first-order chi connectivity index (χ1) is 12.7. The van der Waals surface area contributed by atoms with E-state index in [2.05, 4.69) is 0 Å². The summed E-state index contributed by atoms with van der Waals surface area (Å²) in [6.07, 6.45) is 1.81. The Hall–Kier alpha value is -2.54. The second kappa shape index (κ2) is 7.23.